The quantitative estimate of drug-likeness (QED) is 0.873. The largest absolute Gasteiger partial charge is 0.512 e. The standard InChI is InChI=1S/C19H24ClNO2/c1-19(2)11-15(22)17(16(23)12-19)18(21-9-3-4-10-21)13-5-7-14(20)8-6-13/h5-8,18,22H,3-4,9-12H2,1-2H3. The van der Waals surface area contributed by atoms with Crippen LogP contribution in [0.2, 0.25) is 5.02 Å². The smallest absolute Gasteiger partial charge is 0.164 e. The molecule has 1 fully saturated rings. The van der Waals surface area contributed by atoms with Crippen LogP contribution < -0.4 is 0 Å². The number of aliphatic hydroxyl groups is 1. The summed E-state index contributed by atoms with van der Waals surface area (Å²) in [5.74, 6) is 0.337. The normalized spacial score (nSPS) is 23.3. The van der Waals surface area contributed by atoms with Gasteiger partial charge in [-0.3, -0.25) is 9.69 Å². The third kappa shape index (κ3) is 3.46. The van der Waals surface area contributed by atoms with Crippen LogP contribution in [-0.2, 0) is 4.79 Å². The van der Waals surface area contributed by atoms with Crippen molar-refractivity contribution in [2.45, 2.75) is 45.6 Å². The second-order valence-corrected chi connectivity index (χ2v) is 7.93. The zero-order valence-electron chi connectivity index (χ0n) is 13.8. The summed E-state index contributed by atoms with van der Waals surface area (Å²) in [5, 5.41) is 11.3. The summed E-state index contributed by atoms with van der Waals surface area (Å²) in [7, 11) is 0. The molecule has 3 rings (SSSR count). The van der Waals surface area contributed by atoms with Crippen molar-refractivity contribution in [3.05, 3.63) is 46.2 Å². The van der Waals surface area contributed by atoms with Crippen LogP contribution in [-0.4, -0.2) is 28.9 Å². The number of aliphatic hydroxyl groups excluding tert-OH is 1. The van der Waals surface area contributed by atoms with E-state index in [1.807, 2.05) is 38.1 Å². The SMILES string of the molecule is CC1(C)CC(=O)C(C(c2ccc(Cl)cc2)N2CCCC2)=C(O)C1. The molecule has 124 valence electrons. The third-order valence-electron chi connectivity index (χ3n) is 4.86. The molecule has 0 saturated carbocycles. The summed E-state index contributed by atoms with van der Waals surface area (Å²) in [6.45, 7) is 5.98. The van der Waals surface area contributed by atoms with Gasteiger partial charge in [0, 0.05) is 17.9 Å². The molecule has 23 heavy (non-hydrogen) atoms. The van der Waals surface area contributed by atoms with Gasteiger partial charge in [-0.1, -0.05) is 37.6 Å². The highest BCUT2D eigenvalue weighted by Crippen LogP contribution is 2.42. The van der Waals surface area contributed by atoms with Gasteiger partial charge in [-0.2, -0.15) is 0 Å². The van der Waals surface area contributed by atoms with Crippen LogP contribution in [0.25, 0.3) is 0 Å². The third-order valence-corrected chi connectivity index (χ3v) is 5.11. The van der Waals surface area contributed by atoms with Gasteiger partial charge in [0.2, 0.25) is 0 Å². The number of Topliss-reactive ketones (excluding diaryl/α,β-unsaturated/α-hetero) is 1. The highest BCUT2D eigenvalue weighted by molar-refractivity contribution is 6.30. The number of benzene rings is 1. The maximum atomic E-state index is 12.8. The van der Waals surface area contributed by atoms with Crippen molar-refractivity contribution >= 4 is 17.4 Å². The molecule has 1 N–H and O–H groups in total. The van der Waals surface area contributed by atoms with Crippen molar-refractivity contribution in [1.29, 1.82) is 0 Å². The predicted octanol–water partition coefficient (Wildman–Crippen LogP) is 4.68. The Balaban J connectivity index is 2.04. The molecule has 0 aromatic heterocycles. The summed E-state index contributed by atoms with van der Waals surface area (Å²) >= 11 is 6.01. The van der Waals surface area contributed by atoms with Gasteiger partial charge >= 0.3 is 0 Å². The molecular formula is C19H24ClNO2. The topological polar surface area (TPSA) is 40.5 Å². The van der Waals surface area contributed by atoms with Gasteiger partial charge in [0.15, 0.2) is 5.78 Å². The predicted molar refractivity (Wildman–Crippen MR) is 92.7 cm³/mol. The van der Waals surface area contributed by atoms with Gasteiger partial charge in [0.1, 0.15) is 5.76 Å². The number of ketones is 1. The summed E-state index contributed by atoms with van der Waals surface area (Å²) < 4.78 is 0. The zero-order valence-corrected chi connectivity index (χ0v) is 14.6. The average molecular weight is 334 g/mol. The van der Waals surface area contributed by atoms with E-state index < -0.39 is 0 Å². The lowest BCUT2D eigenvalue weighted by molar-refractivity contribution is -0.119. The maximum absolute atomic E-state index is 12.8. The minimum Gasteiger partial charge on any atom is -0.512 e. The van der Waals surface area contributed by atoms with Crippen LogP contribution in [0.5, 0.6) is 0 Å². The maximum Gasteiger partial charge on any atom is 0.164 e. The first kappa shape index (κ1) is 16.5. The van der Waals surface area contributed by atoms with Crippen molar-refractivity contribution in [2.24, 2.45) is 5.41 Å². The molecule has 1 aromatic carbocycles. The molecule has 1 atom stereocenters. The Bertz CT molecular complexity index is 627. The van der Waals surface area contributed by atoms with E-state index >= 15 is 0 Å². The molecule has 1 aliphatic carbocycles. The molecule has 1 aliphatic heterocycles. The van der Waals surface area contributed by atoms with Crippen LogP contribution in [0, 0.1) is 5.41 Å². The van der Waals surface area contributed by atoms with Crippen molar-refractivity contribution < 1.29 is 9.90 Å². The van der Waals surface area contributed by atoms with E-state index in [9.17, 15) is 9.90 Å². The van der Waals surface area contributed by atoms with Crippen molar-refractivity contribution in [3.8, 4) is 0 Å². The number of hydrogen-bond acceptors (Lipinski definition) is 3. The molecular weight excluding hydrogens is 310 g/mol. The number of carbonyl (C=O) groups excluding carboxylic acids is 1. The summed E-state index contributed by atoms with van der Waals surface area (Å²) in [5.41, 5.74) is 1.46. The Morgan fingerprint density at radius 3 is 2.30 bits per heavy atom. The average Bonchev–Trinajstić information content (AvgIpc) is 2.96. The number of hydrogen-bond donors (Lipinski definition) is 1. The van der Waals surface area contributed by atoms with Crippen LogP contribution in [0.15, 0.2) is 35.6 Å². The first-order valence-corrected chi connectivity index (χ1v) is 8.70. The zero-order chi connectivity index (χ0) is 16.6. The van der Waals surface area contributed by atoms with Gasteiger partial charge in [-0.25, -0.2) is 0 Å². The number of rotatable bonds is 3. The second kappa shape index (κ2) is 6.29. The van der Waals surface area contributed by atoms with Gasteiger partial charge in [0.05, 0.1) is 11.6 Å². The van der Waals surface area contributed by atoms with Crippen molar-refractivity contribution in [1.82, 2.24) is 4.90 Å². The molecule has 3 nitrogen and oxygen atoms in total. The van der Waals surface area contributed by atoms with Gasteiger partial charge in [-0.15, -0.1) is 0 Å². The van der Waals surface area contributed by atoms with Crippen LogP contribution in [0.1, 0.15) is 51.1 Å². The minimum absolute atomic E-state index is 0.0746. The number of halogens is 1. The molecule has 0 radical (unpaired) electrons. The Labute approximate surface area is 142 Å². The molecule has 0 bridgehead atoms. The monoisotopic (exact) mass is 333 g/mol. The van der Waals surface area contributed by atoms with Gasteiger partial charge in [0.25, 0.3) is 0 Å². The fraction of sp³-hybridized carbons (Fsp3) is 0.526. The van der Waals surface area contributed by atoms with E-state index in [-0.39, 0.29) is 23.0 Å². The molecule has 1 aromatic rings. The number of allylic oxidation sites excluding steroid dienone is 1. The highest BCUT2D eigenvalue weighted by atomic mass is 35.5. The molecule has 0 amide bonds. The summed E-state index contributed by atoms with van der Waals surface area (Å²) in [4.78, 5) is 15.1. The first-order chi connectivity index (χ1) is 10.9. The number of carbonyl (C=O) groups is 1. The van der Waals surface area contributed by atoms with E-state index in [0.717, 1.165) is 31.5 Å². The van der Waals surface area contributed by atoms with E-state index in [1.54, 1.807) is 0 Å². The lowest BCUT2D eigenvalue weighted by atomic mass is 9.74. The fourth-order valence-electron chi connectivity index (χ4n) is 3.82. The van der Waals surface area contributed by atoms with Crippen LogP contribution >= 0.6 is 11.6 Å². The lowest BCUT2D eigenvalue weighted by Gasteiger charge is -2.36. The molecule has 1 unspecified atom stereocenters. The molecule has 4 heteroatoms. The molecule has 1 saturated heterocycles. The Hall–Kier alpha value is -1.32. The van der Waals surface area contributed by atoms with E-state index in [4.69, 9.17) is 11.6 Å². The Kier molecular flexibility index (Phi) is 4.52. The second-order valence-electron chi connectivity index (χ2n) is 7.50. The number of likely N-dealkylation sites (tertiary alicyclic amines) is 1. The number of nitrogens with zero attached hydrogens (tertiary/aromatic N) is 1. The van der Waals surface area contributed by atoms with Crippen molar-refractivity contribution in [3.63, 3.8) is 0 Å². The van der Waals surface area contributed by atoms with Gasteiger partial charge < -0.3 is 5.11 Å². The fourth-order valence-corrected chi connectivity index (χ4v) is 3.94. The lowest BCUT2D eigenvalue weighted by Crippen LogP contribution is -2.35. The van der Waals surface area contributed by atoms with E-state index in [2.05, 4.69) is 4.90 Å². The Morgan fingerprint density at radius 1 is 1.13 bits per heavy atom. The first-order valence-electron chi connectivity index (χ1n) is 8.32. The summed E-state index contributed by atoms with van der Waals surface area (Å²) in [6, 6.07) is 7.50. The van der Waals surface area contributed by atoms with Crippen LogP contribution in [0.4, 0.5) is 0 Å². The van der Waals surface area contributed by atoms with Crippen LogP contribution in [0.3, 0.4) is 0 Å². The van der Waals surface area contributed by atoms with E-state index in [0.29, 0.717) is 23.4 Å². The van der Waals surface area contributed by atoms with E-state index in [1.165, 1.54) is 0 Å². The van der Waals surface area contributed by atoms with Crippen molar-refractivity contribution in [2.75, 3.05) is 13.1 Å². The molecule has 1 heterocycles. The highest BCUT2D eigenvalue weighted by Gasteiger charge is 2.39. The molecule has 2 aliphatic rings. The molecule has 0 spiro atoms. The minimum atomic E-state index is -0.166. The summed E-state index contributed by atoms with van der Waals surface area (Å²) in [6.07, 6.45) is 3.33. The van der Waals surface area contributed by atoms with Gasteiger partial charge in [-0.05, 0) is 49.0 Å². The Morgan fingerprint density at radius 2 is 1.74 bits per heavy atom.